The van der Waals surface area contributed by atoms with Crippen molar-refractivity contribution in [2.24, 2.45) is 10.8 Å². The highest BCUT2D eigenvalue weighted by atomic mass is 14.2. The molecule has 76 valence electrons. The molecule has 0 heteroatoms. The molecule has 0 aromatic carbocycles. The van der Waals surface area contributed by atoms with Gasteiger partial charge in [-0.15, -0.1) is 12.3 Å². The molecule has 0 aromatic heterocycles. The van der Waals surface area contributed by atoms with Gasteiger partial charge in [0.1, 0.15) is 0 Å². The quantitative estimate of drug-likeness (QED) is 0.448. The summed E-state index contributed by atoms with van der Waals surface area (Å²) in [6.07, 6.45) is 10.4. The van der Waals surface area contributed by atoms with Crippen molar-refractivity contribution < 1.29 is 0 Å². The molecule has 0 bridgehead atoms. The van der Waals surface area contributed by atoms with Gasteiger partial charge in [0.05, 0.1) is 0 Å². The van der Waals surface area contributed by atoms with Crippen LogP contribution in [0.1, 0.15) is 60.3 Å². The largest absolute Gasteiger partial charge is 0.120 e. The van der Waals surface area contributed by atoms with Gasteiger partial charge in [-0.3, -0.25) is 0 Å². The Labute approximate surface area is 84.1 Å². The summed E-state index contributed by atoms with van der Waals surface area (Å²) in [6.45, 7) is 11.2. The third-order valence-electron chi connectivity index (χ3n) is 2.37. The molecule has 0 amide bonds. The molecule has 0 nitrogen and oxygen atoms in total. The molecule has 0 atom stereocenters. The first-order valence-electron chi connectivity index (χ1n) is 5.25. The van der Waals surface area contributed by atoms with Crippen LogP contribution in [0.2, 0.25) is 0 Å². The zero-order valence-corrected chi connectivity index (χ0v) is 9.91. The number of unbranched alkanes of at least 4 members (excludes halogenated alkanes) is 1. The second-order valence-corrected chi connectivity index (χ2v) is 5.80. The Morgan fingerprint density at radius 2 is 1.38 bits per heavy atom. The molecule has 0 saturated heterocycles. The second kappa shape index (κ2) is 4.70. The molecule has 0 radical (unpaired) electrons. The SMILES string of the molecule is C#CC(C)(C)CCCCC(C)(C)C. The lowest BCUT2D eigenvalue weighted by Gasteiger charge is -2.20. The molecule has 0 spiro atoms. The van der Waals surface area contributed by atoms with E-state index in [9.17, 15) is 0 Å². The van der Waals surface area contributed by atoms with Crippen molar-refractivity contribution >= 4 is 0 Å². The molecule has 0 heterocycles. The smallest absolute Gasteiger partial charge is 0.0255 e. The summed E-state index contributed by atoms with van der Waals surface area (Å²) in [7, 11) is 0. The summed E-state index contributed by atoms with van der Waals surface area (Å²) in [5.74, 6) is 2.84. The minimum atomic E-state index is 0.0951. The van der Waals surface area contributed by atoms with Gasteiger partial charge in [0.2, 0.25) is 0 Å². The highest BCUT2D eigenvalue weighted by molar-refractivity contribution is 4.99. The Bertz CT molecular complexity index is 173. The van der Waals surface area contributed by atoms with Crippen LogP contribution in [0.4, 0.5) is 0 Å². The fourth-order valence-electron chi connectivity index (χ4n) is 1.29. The standard InChI is InChI=1S/C13H24/c1-7-13(5,6)11-9-8-10-12(2,3)4/h1H,8-11H2,2-6H3. The van der Waals surface area contributed by atoms with Gasteiger partial charge in [0.15, 0.2) is 0 Å². The minimum absolute atomic E-state index is 0.0951. The van der Waals surface area contributed by atoms with Crippen LogP contribution in [0, 0.1) is 23.2 Å². The van der Waals surface area contributed by atoms with Crippen LogP contribution < -0.4 is 0 Å². The summed E-state index contributed by atoms with van der Waals surface area (Å²) < 4.78 is 0. The fraction of sp³-hybridized carbons (Fsp3) is 0.846. The first-order valence-corrected chi connectivity index (χ1v) is 5.25. The van der Waals surface area contributed by atoms with Crippen LogP contribution in [0.5, 0.6) is 0 Å². The van der Waals surface area contributed by atoms with Crippen LogP contribution in [0.15, 0.2) is 0 Å². The normalized spacial score (nSPS) is 12.6. The topological polar surface area (TPSA) is 0 Å². The second-order valence-electron chi connectivity index (χ2n) is 5.80. The summed E-state index contributed by atoms with van der Waals surface area (Å²) in [4.78, 5) is 0. The molecule has 0 saturated carbocycles. The molecule has 0 fully saturated rings. The third kappa shape index (κ3) is 7.91. The van der Waals surface area contributed by atoms with E-state index < -0.39 is 0 Å². The van der Waals surface area contributed by atoms with Crippen LogP contribution >= 0.6 is 0 Å². The molecular formula is C13H24. The van der Waals surface area contributed by atoms with Crippen LogP contribution in [-0.4, -0.2) is 0 Å². The lowest BCUT2D eigenvalue weighted by molar-refractivity contribution is 0.340. The van der Waals surface area contributed by atoms with Crippen molar-refractivity contribution in [1.29, 1.82) is 0 Å². The van der Waals surface area contributed by atoms with Gasteiger partial charge in [0, 0.05) is 5.41 Å². The van der Waals surface area contributed by atoms with Crippen molar-refractivity contribution in [3.05, 3.63) is 0 Å². The highest BCUT2D eigenvalue weighted by Gasteiger charge is 2.14. The highest BCUT2D eigenvalue weighted by Crippen LogP contribution is 2.26. The molecule has 0 aliphatic heterocycles. The summed E-state index contributed by atoms with van der Waals surface area (Å²) in [5, 5.41) is 0. The number of rotatable bonds is 4. The summed E-state index contributed by atoms with van der Waals surface area (Å²) >= 11 is 0. The average molecular weight is 180 g/mol. The number of terminal acetylenes is 1. The molecule has 0 aliphatic rings. The molecule has 0 rings (SSSR count). The van der Waals surface area contributed by atoms with E-state index in [-0.39, 0.29) is 5.41 Å². The zero-order chi connectivity index (χ0) is 10.5. The maximum absolute atomic E-state index is 5.42. The van der Waals surface area contributed by atoms with E-state index in [1.54, 1.807) is 0 Å². The minimum Gasteiger partial charge on any atom is -0.120 e. The van der Waals surface area contributed by atoms with Crippen LogP contribution in [-0.2, 0) is 0 Å². The van der Waals surface area contributed by atoms with Crippen LogP contribution in [0.25, 0.3) is 0 Å². The molecule has 0 unspecified atom stereocenters. The monoisotopic (exact) mass is 180 g/mol. The Kier molecular flexibility index (Phi) is 4.54. The molecule has 0 aromatic rings. The van der Waals surface area contributed by atoms with Gasteiger partial charge in [-0.2, -0.15) is 0 Å². The zero-order valence-electron chi connectivity index (χ0n) is 9.91. The lowest BCUT2D eigenvalue weighted by atomic mass is 9.85. The van der Waals surface area contributed by atoms with Gasteiger partial charge in [-0.05, 0) is 32.1 Å². The van der Waals surface area contributed by atoms with Gasteiger partial charge in [0.25, 0.3) is 0 Å². The number of hydrogen-bond donors (Lipinski definition) is 0. The van der Waals surface area contributed by atoms with Crippen molar-refractivity contribution in [3.63, 3.8) is 0 Å². The third-order valence-corrected chi connectivity index (χ3v) is 2.37. The fourth-order valence-corrected chi connectivity index (χ4v) is 1.29. The summed E-state index contributed by atoms with van der Waals surface area (Å²) in [5.41, 5.74) is 0.568. The van der Waals surface area contributed by atoms with E-state index in [2.05, 4.69) is 40.5 Å². The van der Waals surface area contributed by atoms with Crippen LogP contribution in [0.3, 0.4) is 0 Å². The predicted octanol–water partition coefficient (Wildman–Crippen LogP) is 4.25. The van der Waals surface area contributed by atoms with Crippen molar-refractivity contribution in [3.8, 4) is 12.3 Å². The Hall–Kier alpha value is -0.440. The van der Waals surface area contributed by atoms with Crippen molar-refractivity contribution in [1.82, 2.24) is 0 Å². The maximum atomic E-state index is 5.42. The van der Waals surface area contributed by atoms with Gasteiger partial charge in [-0.1, -0.05) is 33.6 Å². The van der Waals surface area contributed by atoms with Crippen molar-refractivity contribution in [2.45, 2.75) is 60.3 Å². The number of hydrogen-bond acceptors (Lipinski definition) is 0. The Morgan fingerprint density at radius 3 is 1.77 bits per heavy atom. The van der Waals surface area contributed by atoms with Gasteiger partial charge in [-0.25, -0.2) is 0 Å². The van der Waals surface area contributed by atoms with Crippen molar-refractivity contribution in [2.75, 3.05) is 0 Å². The average Bonchev–Trinajstić information content (AvgIpc) is 1.97. The first-order chi connectivity index (χ1) is 5.77. The summed E-state index contributed by atoms with van der Waals surface area (Å²) in [6, 6.07) is 0. The van der Waals surface area contributed by atoms with E-state index >= 15 is 0 Å². The van der Waals surface area contributed by atoms with E-state index in [1.807, 2.05) is 0 Å². The molecular weight excluding hydrogens is 156 g/mol. The Morgan fingerprint density at radius 1 is 0.923 bits per heavy atom. The molecule has 13 heavy (non-hydrogen) atoms. The lowest BCUT2D eigenvalue weighted by Crippen LogP contribution is -2.09. The first kappa shape index (κ1) is 12.6. The van der Waals surface area contributed by atoms with Gasteiger partial charge >= 0.3 is 0 Å². The maximum Gasteiger partial charge on any atom is 0.0255 e. The molecule has 0 N–H and O–H groups in total. The van der Waals surface area contributed by atoms with E-state index in [0.29, 0.717) is 5.41 Å². The van der Waals surface area contributed by atoms with Gasteiger partial charge < -0.3 is 0 Å². The van der Waals surface area contributed by atoms with E-state index in [1.165, 1.54) is 19.3 Å². The Balaban J connectivity index is 3.54. The molecule has 0 aliphatic carbocycles. The predicted molar refractivity (Wildman–Crippen MR) is 60.5 cm³/mol. The van der Waals surface area contributed by atoms with E-state index in [0.717, 1.165) is 6.42 Å². The van der Waals surface area contributed by atoms with E-state index in [4.69, 9.17) is 6.42 Å².